The van der Waals surface area contributed by atoms with Gasteiger partial charge >= 0.3 is 0 Å². The first-order chi connectivity index (χ1) is 9.58. The van der Waals surface area contributed by atoms with Gasteiger partial charge in [0.05, 0.1) is 5.56 Å². The van der Waals surface area contributed by atoms with E-state index in [1.54, 1.807) is 13.0 Å². The van der Waals surface area contributed by atoms with Gasteiger partial charge < -0.3 is 5.11 Å². The van der Waals surface area contributed by atoms with Gasteiger partial charge in [-0.25, -0.2) is 8.78 Å². The molecule has 3 heteroatoms. The summed E-state index contributed by atoms with van der Waals surface area (Å²) in [6.07, 6.45) is 1.02. The fourth-order valence-corrected chi connectivity index (χ4v) is 2.50. The minimum Gasteiger partial charge on any atom is -0.383 e. The van der Waals surface area contributed by atoms with Crippen molar-refractivity contribution >= 4 is 0 Å². The Morgan fingerprint density at radius 2 is 1.90 bits per heavy atom. The van der Waals surface area contributed by atoms with Crippen molar-refractivity contribution in [3.63, 3.8) is 0 Å². The van der Waals surface area contributed by atoms with Gasteiger partial charge in [0.2, 0.25) is 0 Å². The van der Waals surface area contributed by atoms with E-state index in [1.807, 2.05) is 18.2 Å². The summed E-state index contributed by atoms with van der Waals surface area (Å²) in [7, 11) is 0. The minimum atomic E-state index is -1.27. The lowest BCUT2D eigenvalue weighted by Crippen LogP contribution is -2.07. The van der Waals surface area contributed by atoms with Crippen molar-refractivity contribution in [1.29, 1.82) is 0 Å². The lowest BCUT2D eigenvalue weighted by molar-refractivity contribution is 0.208. The zero-order valence-corrected chi connectivity index (χ0v) is 11.2. The van der Waals surface area contributed by atoms with Gasteiger partial charge in [-0.3, -0.25) is 0 Å². The fourth-order valence-electron chi connectivity index (χ4n) is 2.50. The Hall–Kier alpha value is -1.74. The molecule has 0 spiro atoms. The standard InChI is InChI=1S/C17H16F2O/c1-10-5-8-14(18)15(16(10)19)17(20)13-4-2-3-12(9-13)11-6-7-11/h2-5,8-9,11,17,20H,6-7H2,1H3. The molecule has 1 atom stereocenters. The van der Waals surface area contributed by atoms with Crippen molar-refractivity contribution in [2.24, 2.45) is 0 Å². The molecule has 0 amide bonds. The van der Waals surface area contributed by atoms with Crippen LogP contribution >= 0.6 is 0 Å². The quantitative estimate of drug-likeness (QED) is 0.888. The number of aliphatic hydroxyl groups excluding tert-OH is 1. The van der Waals surface area contributed by atoms with Gasteiger partial charge in [0.25, 0.3) is 0 Å². The van der Waals surface area contributed by atoms with E-state index in [4.69, 9.17) is 0 Å². The van der Waals surface area contributed by atoms with Gasteiger partial charge in [-0.1, -0.05) is 30.3 Å². The van der Waals surface area contributed by atoms with Crippen molar-refractivity contribution in [3.8, 4) is 0 Å². The first kappa shape index (κ1) is 13.3. The van der Waals surface area contributed by atoms with E-state index in [2.05, 4.69) is 0 Å². The molecular weight excluding hydrogens is 258 g/mol. The third kappa shape index (κ3) is 2.34. The lowest BCUT2D eigenvalue weighted by atomic mass is 9.96. The Bertz CT molecular complexity index is 647. The number of benzene rings is 2. The van der Waals surface area contributed by atoms with E-state index in [-0.39, 0.29) is 5.56 Å². The van der Waals surface area contributed by atoms with Crippen molar-refractivity contribution < 1.29 is 13.9 Å². The third-order valence-electron chi connectivity index (χ3n) is 3.87. The Kier molecular flexibility index (Phi) is 3.30. The van der Waals surface area contributed by atoms with Crippen LogP contribution in [0.4, 0.5) is 8.78 Å². The largest absolute Gasteiger partial charge is 0.383 e. The minimum absolute atomic E-state index is 0.266. The first-order valence-corrected chi connectivity index (χ1v) is 6.80. The van der Waals surface area contributed by atoms with Gasteiger partial charge in [0, 0.05) is 0 Å². The highest BCUT2D eigenvalue weighted by molar-refractivity contribution is 5.38. The third-order valence-corrected chi connectivity index (χ3v) is 3.87. The van der Waals surface area contributed by atoms with Gasteiger partial charge in [-0.15, -0.1) is 0 Å². The van der Waals surface area contributed by atoms with E-state index < -0.39 is 17.7 Å². The summed E-state index contributed by atoms with van der Waals surface area (Å²) in [6.45, 7) is 1.56. The van der Waals surface area contributed by atoms with Gasteiger partial charge in [0.15, 0.2) is 0 Å². The molecule has 1 nitrogen and oxygen atoms in total. The molecule has 2 aromatic rings. The molecule has 1 N–H and O–H groups in total. The van der Waals surface area contributed by atoms with Crippen LogP contribution in [0.2, 0.25) is 0 Å². The summed E-state index contributed by atoms with van der Waals surface area (Å²) in [5.41, 5.74) is 1.74. The summed E-state index contributed by atoms with van der Waals surface area (Å²) >= 11 is 0. The smallest absolute Gasteiger partial charge is 0.135 e. The lowest BCUT2D eigenvalue weighted by Gasteiger charge is -2.15. The van der Waals surface area contributed by atoms with Crippen LogP contribution in [0.3, 0.4) is 0 Å². The maximum atomic E-state index is 14.1. The maximum Gasteiger partial charge on any atom is 0.135 e. The SMILES string of the molecule is Cc1ccc(F)c(C(O)c2cccc(C3CC3)c2)c1F. The Morgan fingerprint density at radius 1 is 1.15 bits per heavy atom. The Labute approximate surface area is 116 Å². The number of aliphatic hydroxyl groups is 1. The highest BCUT2D eigenvalue weighted by Gasteiger charge is 2.26. The van der Waals surface area contributed by atoms with Gasteiger partial charge in [-0.05, 0) is 48.4 Å². The van der Waals surface area contributed by atoms with Crippen LogP contribution < -0.4 is 0 Å². The topological polar surface area (TPSA) is 20.2 Å². The molecule has 0 aliphatic heterocycles. The van der Waals surface area contributed by atoms with Crippen molar-refractivity contribution in [2.45, 2.75) is 31.8 Å². The monoisotopic (exact) mass is 274 g/mol. The Morgan fingerprint density at radius 3 is 2.60 bits per heavy atom. The predicted molar refractivity (Wildman–Crippen MR) is 73.6 cm³/mol. The second-order valence-corrected chi connectivity index (χ2v) is 5.44. The van der Waals surface area contributed by atoms with Gasteiger partial charge in [0.1, 0.15) is 17.7 Å². The molecule has 3 rings (SSSR count). The molecule has 2 aromatic carbocycles. The molecule has 1 aliphatic rings. The van der Waals surface area contributed by atoms with E-state index in [0.717, 1.165) is 18.4 Å². The van der Waals surface area contributed by atoms with Crippen LogP contribution in [-0.4, -0.2) is 5.11 Å². The summed E-state index contributed by atoms with van der Waals surface area (Å²) < 4.78 is 27.9. The summed E-state index contributed by atoms with van der Waals surface area (Å²) in [6, 6.07) is 9.96. The van der Waals surface area contributed by atoms with E-state index in [0.29, 0.717) is 17.0 Å². The number of rotatable bonds is 3. The zero-order chi connectivity index (χ0) is 14.3. The highest BCUT2D eigenvalue weighted by Crippen LogP contribution is 2.41. The second kappa shape index (κ2) is 4.98. The molecular formula is C17H16F2O. The highest BCUT2D eigenvalue weighted by atomic mass is 19.1. The molecule has 20 heavy (non-hydrogen) atoms. The maximum absolute atomic E-state index is 14.1. The molecule has 1 unspecified atom stereocenters. The molecule has 0 bridgehead atoms. The fraction of sp³-hybridized carbons (Fsp3) is 0.294. The number of aryl methyl sites for hydroxylation is 1. The van der Waals surface area contributed by atoms with Crippen LogP contribution in [0.1, 0.15) is 47.1 Å². The molecule has 0 saturated heterocycles. The van der Waals surface area contributed by atoms with E-state index in [1.165, 1.54) is 12.1 Å². The van der Waals surface area contributed by atoms with E-state index in [9.17, 15) is 13.9 Å². The number of hydrogen-bond donors (Lipinski definition) is 1. The van der Waals surface area contributed by atoms with Crippen LogP contribution in [0.15, 0.2) is 36.4 Å². The molecule has 1 fully saturated rings. The number of hydrogen-bond acceptors (Lipinski definition) is 1. The van der Waals surface area contributed by atoms with Crippen LogP contribution in [-0.2, 0) is 0 Å². The average Bonchev–Trinajstić information content (AvgIpc) is 3.28. The van der Waals surface area contributed by atoms with Crippen molar-refractivity contribution in [2.75, 3.05) is 0 Å². The molecule has 0 radical (unpaired) electrons. The molecule has 104 valence electrons. The summed E-state index contributed by atoms with van der Waals surface area (Å²) in [5, 5.41) is 10.3. The average molecular weight is 274 g/mol. The van der Waals surface area contributed by atoms with Crippen molar-refractivity contribution in [3.05, 3.63) is 70.3 Å². The zero-order valence-electron chi connectivity index (χ0n) is 11.2. The van der Waals surface area contributed by atoms with Crippen molar-refractivity contribution in [1.82, 2.24) is 0 Å². The number of halogens is 2. The summed E-state index contributed by atoms with van der Waals surface area (Å²) in [4.78, 5) is 0. The van der Waals surface area contributed by atoms with Gasteiger partial charge in [-0.2, -0.15) is 0 Å². The molecule has 1 aliphatic carbocycles. The second-order valence-electron chi connectivity index (χ2n) is 5.44. The molecule has 0 heterocycles. The predicted octanol–water partition coefficient (Wildman–Crippen LogP) is 4.23. The first-order valence-electron chi connectivity index (χ1n) is 6.80. The van der Waals surface area contributed by atoms with Crippen LogP contribution in [0, 0.1) is 18.6 Å². The summed E-state index contributed by atoms with van der Waals surface area (Å²) in [5.74, 6) is -0.846. The normalized spacial score (nSPS) is 16.2. The van der Waals surface area contributed by atoms with Crippen LogP contribution in [0.5, 0.6) is 0 Å². The molecule has 1 saturated carbocycles. The Balaban J connectivity index is 2.02. The van der Waals surface area contributed by atoms with E-state index >= 15 is 0 Å². The molecule has 0 aromatic heterocycles. The van der Waals surface area contributed by atoms with Crippen LogP contribution in [0.25, 0.3) is 0 Å².